The number of benzene rings is 1. The predicted octanol–water partition coefficient (Wildman–Crippen LogP) is 1.84. The van der Waals surface area contributed by atoms with E-state index in [1.54, 1.807) is 6.07 Å². The number of aliphatic hydroxyl groups excluding tert-OH is 1. The normalized spacial score (nSPS) is 18.2. The molecule has 0 bridgehead atoms. The van der Waals surface area contributed by atoms with E-state index in [0.29, 0.717) is 0 Å². The molecule has 0 aliphatic carbocycles. The Morgan fingerprint density at radius 1 is 1.39 bits per heavy atom. The van der Waals surface area contributed by atoms with Crippen LogP contribution in [0.1, 0.15) is 11.6 Å². The average molecular weight is 295 g/mol. The maximum Gasteiger partial charge on any atom is 0.142 e. The largest absolute Gasteiger partial charge is 0.394 e. The van der Waals surface area contributed by atoms with Gasteiger partial charge in [0.1, 0.15) is 5.82 Å². The molecule has 1 heterocycles. The quantitative estimate of drug-likeness (QED) is 0.893. The Labute approximate surface area is 117 Å². The minimum atomic E-state index is -0.433. The number of rotatable bonds is 3. The lowest BCUT2D eigenvalue weighted by atomic mass is 10.1. The Bertz CT molecular complexity index is 386. The van der Waals surface area contributed by atoms with Gasteiger partial charge in [-0.3, -0.25) is 4.90 Å². The highest BCUT2D eigenvalue weighted by Gasteiger charge is 2.21. The standard InChI is InChI=1S/C12H16ClFN2O.ClH/c13-10-2-1-9(7-11(10)14)12(8-17)16-5-3-15-4-6-16;/h1-2,7,12,15,17H,3-6,8H2;1H/t12-;/m0./s1. The summed E-state index contributed by atoms with van der Waals surface area (Å²) >= 11 is 5.65. The van der Waals surface area contributed by atoms with Crippen LogP contribution in [0.15, 0.2) is 18.2 Å². The van der Waals surface area contributed by atoms with E-state index in [1.165, 1.54) is 12.1 Å². The lowest BCUT2D eigenvalue weighted by Crippen LogP contribution is -2.46. The molecule has 1 aromatic carbocycles. The van der Waals surface area contributed by atoms with Crippen LogP contribution < -0.4 is 5.32 Å². The number of hydrogen-bond donors (Lipinski definition) is 2. The van der Waals surface area contributed by atoms with Crippen molar-refractivity contribution in [3.63, 3.8) is 0 Å². The van der Waals surface area contributed by atoms with Crippen molar-refractivity contribution in [1.29, 1.82) is 0 Å². The van der Waals surface area contributed by atoms with E-state index in [0.717, 1.165) is 31.7 Å². The zero-order valence-electron chi connectivity index (χ0n) is 9.90. The Kier molecular flexibility index (Phi) is 6.32. The Morgan fingerprint density at radius 2 is 2.06 bits per heavy atom. The minimum Gasteiger partial charge on any atom is -0.394 e. The van der Waals surface area contributed by atoms with E-state index in [4.69, 9.17) is 11.6 Å². The fourth-order valence-electron chi connectivity index (χ4n) is 2.15. The van der Waals surface area contributed by atoms with Crippen LogP contribution in [-0.2, 0) is 0 Å². The summed E-state index contributed by atoms with van der Waals surface area (Å²) in [5, 5.41) is 12.8. The van der Waals surface area contributed by atoms with Gasteiger partial charge in [-0.2, -0.15) is 0 Å². The summed E-state index contributed by atoms with van der Waals surface area (Å²) in [5.74, 6) is -0.433. The summed E-state index contributed by atoms with van der Waals surface area (Å²) in [6, 6.07) is 4.57. The van der Waals surface area contributed by atoms with Gasteiger partial charge in [-0.1, -0.05) is 17.7 Å². The van der Waals surface area contributed by atoms with Crippen molar-refractivity contribution >= 4 is 24.0 Å². The number of hydrogen-bond acceptors (Lipinski definition) is 3. The molecule has 1 saturated heterocycles. The van der Waals surface area contributed by atoms with Crippen LogP contribution in [0.4, 0.5) is 4.39 Å². The third-order valence-corrected chi connectivity index (χ3v) is 3.40. The van der Waals surface area contributed by atoms with Gasteiger partial charge >= 0.3 is 0 Å². The van der Waals surface area contributed by atoms with Crippen LogP contribution in [0.3, 0.4) is 0 Å². The molecule has 1 aliphatic rings. The van der Waals surface area contributed by atoms with Crippen molar-refractivity contribution in [2.45, 2.75) is 6.04 Å². The first-order valence-electron chi connectivity index (χ1n) is 5.73. The summed E-state index contributed by atoms with van der Waals surface area (Å²) in [4.78, 5) is 2.15. The highest BCUT2D eigenvalue weighted by Crippen LogP contribution is 2.24. The second-order valence-electron chi connectivity index (χ2n) is 4.16. The van der Waals surface area contributed by atoms with Gasteiger partial charge in [0, 0.05) is 26.2 Å². The van der Waals surface area contributed by atoms with E-state index in [9.17, 15) is 9.50 Å². The highest BCUT2D eigenvalue weighted by atomic mass is 35.5. The molecule has 2 rings (SSSR count). The summed E-state index contributed by atoms with van der Waals surface area (Å²) in [6.07, 6.45) is 0. The lowest BCUT2D eigenvalue weighted by Gasteiger charge is -2.34. The van der Waals surface area contributed by atoms with E-state index in [-0.39, 0.29) is 30.1 Å². The Hall–Kier alpha value is -0.390. The fourth-order valence-corrected chi connectivity index (χ4v) is 2.26. The van der Waals surface area contributed by atoms with Gasteiger partial charge in [0.25, 0.3) is 0 Å². The van der Waals surface area contributed by atoms with Crippen molar-refractivity contribution in [2.24, 2.45) is 0 Å². The molecule has 0 aromatic heterocycles. The van der Waals surface area contributed by atoms with Crippen molar-refractivity contribution < 1.29 is 9.50 Å². The Balaban J connectivity index is 0.00000162. The van der Waals surface area contributed by atoms with Gasteiger partial charge in [-0.05, 0) is 17.7 Å². The number of nitrogens with zero attached hydrogens (tertiary/aromatic N) is 1. The zero-order chi connectivity index (χ0) is 12.3. The molecule has 0 radical (unpaired) electrons. The summed E-state index contributed by atoms with van der Waals surface area (Å²) in [5.41, 5.74) is 0.774. The number of aliphatic hydroxyl groups is 1. The van der Waals surface area contributed by atoms with Crippen LogP contribution in [-0.4, -0.2) is 42.8 Å². The van der Waals surface area contributed by atoms with Crippen LogP contribution in [0.5, 0.6) is 0 Å². The molecule has 6 heteroatoms. The minimum absolute atomic E-state index is 0. The maximum absolute atomic E-state index is 13.4. The first-order valence-corrected chi connectivity index (χ1v) is 6.10. The summed E-state index contributed by atoms with van der Waals surface area (Å²) in [6.45, 7) is 3.49. The molecule has 1 fully saturated rings. The van der Waals surface area contributed by atoms with Crippen molar-refractivity contribution in [2.75, 3.05) is 32.8 Å². The topological polar surface area (TPSA) is 35.5 Å². The van der Waals surface area contributed by atoms with Gasteiger partial charge in [0.05, 0.1) is 17.7 Å². The molecular formula is C12H17Cl2FN2O. The molecule has 1 aliphatic heterocycles. The second-order valence-corrected chi connectivity index (χ2v) is 4.57. The predicted molar refractivity (Wildman–Crippen MR) is 72.9 cm³/mol. The van der Waals surface area contributed by atoms with Gasteiger partial charge in [-0.25, -0.2) is 4.39 Å². The smallest absolute Gasteiger partial charge is 0.142 e. The molecule has 1 atom stereocenters. The molecule has 0 amide bonds. The number of nitrogens with one attached hydrogen (secondary N) is 1. The number of halogens is 3. The van der Waals surface area contributed by atoms with Gasteiger partial charge < -0.3 is 10.4 Å². The molecule has 18 heavy (non-hydrogen) atoms. The zero-order valence-corrected chi connectivity index (χ0v) is 11.5. The Morgan fingerprint density at radius 3 is 2.61 bits per heavy atom. The average Bonchev–Trinajstić information content (AvgIpc) is 2.36. The van der Waals surface area contributed by atoms with Gasteiger partial charge in [-0.15, -0.1) is 12.4 Å². The molecule has 0 saturated carbocycles. The highest BCUT2D eigenvalue weighted by molar-refractivity contribution is 6.30. The molecule has 0 spiro atoms. The van der Waals surface area contributed by atoms with E-state index in [2.05, 4.69) is 10.2 Å². The first-order chi connectivity index (χ1) is 8.22. The third kappa shape index (κ3) is 3.56. The van der Waals surface area contributed by atoms with E-state index in [1.807, 2.05) is 0 Å². The third-order valence-electron chi connectivity index (χ3n) is 3.09. The maximum atomic E-state index is 13.4. The summed E-state index contributed by atoms with van der Waals surface area (Å²) in [7, 11) is 0. The van der Waals surface area contributed by atoms with E-state index >= 15 is 0 Å². The second kappa shape index (κ2) is 7.26. The van der Waals surface area contributed by atoms with Crippen LogP contribution in [0.25, 0.3) is 0 Å². The first kappa shape index (κ1) is 15.7. The van der Waals surface area contributed by atoms with Crippen molar-refractivity contribution in [1.82, 2.24) is 10.2 Å². The molecule has 2 N–H and O–H groups in total. The monoisotopic (exact) mass is 294 g/mol. The molecule has 3 nitrogen and oxygen atoms in total. The van der Waals surface area contributed by atoms with Gasteiger partial charge in [0.15, 0.2) is 0 Å². The molecule has 1 aromatic rings. The van der Waals surface area contributed by atoms with Gasteiger partial charge in [0.2, 0.25) is 0 Å². The van der Waals surface area contributed by atoms with Crippen molar-refractivity contribution in [3.8, 4) is 0 Å². The SMILES string of the molecule is Cl.OC[C@@H](c1ccc(Cl)c(F)c1)N1CCNCC1. The number of piperazine rings is 1. The van der Waals surface area contributed by atoms with Crippen LogP contribution in [0.2, 0.25) is 5.02 Å². The lowest BCUT2D eigenvalue weighted by molar-refractivity contribution is 0.110. The summed E-state index contributed by atoms with van der Waals surface area (Å²) < 4.78 is 13.4. The van der Waals surface area contributed by atoms with Crippen LogP contribution >= 0.6 is 24.0 Å². The molecule has 102 valence electrons. The fraction of sp³-hybridized carbons (Fsp3) is 0.500. The van der Waals surface area contributed by atoms with Crippen LogP contribution in [0, 0.1) is 5.82 Å². The molecule has 0 unspecified atom stereocenters. The molecular weight excluding hydrogens is 278 g/mol. The van der Waals surface area contributed by atoms with E-state index < -0.39 is 5.82 Å². The van der Waals surface area contributed by atoms with Crippen molar-refractivity contribution in [3.05, 3.63) is 34.6 Å².